The Morgan fingerprint density at radius 2 is 2.29 bits per heavy atom. The summed E-state index contributed by atoms with van der Waals surface area (Å²) in [5.74, 6) is -0.130. The van der Waals surface area contributed by atoms with Crippen molar-refractivity contribution in [2.75, 3.05) is 18.8 Å². The molecule has 7 nitrogen and oxygen atoms in total. The van der Waals surface area contributed by atoms with Gasteiger partial charge in [0.05, 0.1) is 23.3 Å². The minimum absolute atomic E-state index is 0.0568. The quantitative estimate of drug-likeness (QED) is 0.811. The van der Waals surface area contributed by atoms with Crippen LogP contribution in [0.3, 0.4) is 0 Å². The van der Waals surface area contributed by atoms with Gasteiger partial charge in [-0.05, 0) is 26.7 Å². The zero-order valence-corrected chi connectivity index (χ0v) is 12.4. The summed E-state index contributed by atoms with van der Waals surface area (Å²) in [7, 11) is 0. The van der Waals surface area contributed by atoms with E-state index in [1.54, 1.807) is 16.5 Å². The predicted molar refractivity (Wildman–Crippen MR) is 77.6 cm³/mol. The van der Waals surface area contributed by atoms with Crippen LogP contribution in [-0.4, -0.2) is 45.6 Å². The Morgan fingerprint density at radius 1 is 1.52 bits per heavy atom. The van der Waals surface area contributed by atoms with Crippen LogP contribution in [0.15, 0.2) is 0 Å². The number of piperidine rings is 1. The Labute approximate surface area is 123 Å². The molecule has 2 amide bonds. The van der Waals surface area contributed by atoms with Crippen LogP contribution in [0.1, 0.15) is 35.9 Å². The van der Waals surface area contributed by atoms with Gasteiger partial charge in [-0.1, -0.05) is 0 Å². The Balaban J connectivity index is 1.93. The van der Waals surface area contributed by atoms with Crippen molar-refractivity contribution in [1.82, 2.24) is 20.0 Å². The highest BCUT2D eigenvalue weighted by Crippen LogP contribution is 2.30. The molecule has 1 aromatic heterocycles. The summed E-state index contributed by atoms with van der Waals surface area (Å²) in [6.45, 7) is 5.54. The van der Waals surface area contributed by atoms with Crippen molar-refractivity contribution >= 4 is 17.5 Å². The van der Waals surface area contributed by atoms with Crippen molar-refractivity contribution in [1.29, 1.82) is 0 Å². The molecule has 7 heteroatoms. The fraction of sp³-hybridized carbons (Fsp3) is 0.643. The van der Waals surface area contributed by atoms with E-state index < -0.39 is 0 Å². The van der Waals surface area contributed by atoms with Crippen molar-refractivity contribution < 1.29 is 9.59 Å². The summed E-state index contributed by atoms with van der Waals surface area (Å²) in [6.07, 6.45) is 1.70. The van der Waals surface area contributed by atoms with Crippen molar-refractivity contribution in [2.45, 2.75) is 39.3 Å². The number of anilines is 1. The first-order chi connectivity index (χ1) is 10.0. The van der Waals surface area contributed by atoms with Gasteiger partial charge < -0.3 is 16.0 Å². The molecule has 2 aliphatic heterocycles. The number of nitrogens with two attached hydrogens (primary N) is 1. The molecule has 21 heavy (non-hydrogen) atoms. The monoisotopic (exact) mass is 291 g/mol. The first kappa shape index (κ1) is 13.9. The lowest BCUT2D eigenvalue weighted by Gasteiger charge is -2.36. The number of carbonyl (C=O) groups excluding carboxylic acids is 2. The molecular formula is C14H21N5O2. The highest BCUT2D eigenvalue weighted by molar-refractivity contribution is 5.99. The van der Waals surface area contributed by atoms with Crippen LogP contribution in [0, 0.1) is 12.8 Å². The number of likely N-dealkylation sites (tertiary alicyclic amines) is 1. The Bertz CT molecular complexity index is 594. The molecule has 2 aliphatic rings. The maximum Gasteiger partial charge on any atom is 0.274 e. The lowest BCUT2D eigenvalue weighted by Crippen LogP contribution is -2.49. The van der Waals surface area contributed by atoms with Crippen LogP contribution in [-0.2, 0) is 11.3 Å². The zero-order valence-electron chi connectivity index (χ0n) is 12.4. The molecule has 0 radical (unpaired) electrons. The lowest BCUT2D eigenvalue weighted by atomic mass is 9.91. The van der Waals surface area contributed by atoms with Gasteiger partial charge in [-0.3, -0.25) is 14.3 Å². The molecule has 2 unspecified atom stereocenters. The summed E-state index contributed by atoms with van der Waals surface area (Å²) in [5.41, 5.74) is 7.61. The summed E-state index contributed by atoms with van der Waals surface area (Å²) >= 11 is 0. The summed E-state index contributed by atoms with van der Waals surface area (Å²) in [4.78, 5) is 26.5. The average molecular weight is 291 g/mol. The molecule has 0 saturated carbocycles. The summed E-state index contributed by atoms with van der Waals surface area (Å²) in [6, 6.07) is -0.0568. The third kappa shape index (κ3) is 2.07. The smallest absolute Gasteiger partial charge is 0.274 e. The highest BCUT2D eigenvalue weighted by Gasteiger charge is 2.43. The fourth-order valence-corrected chi connectivity index (χ4v) is 3.39. The van der Waals surface area contributed by atoms with Gasteiger partial charge in [-0.25, -0.2) is 0 Å². The molecular weight excluding hydrogens is 270 g/mol. The van der Waals surface area contributed by atoms with E-state index in [2.05, 4.69) is 10.4 Å². The van der Waals surface area contributed by atoms with Crippen molar-refractivity contribution in [3.8, 4) is 0 Å². The normalized spacial score (nSPS) is 24.9. The molecule has 0 bridgehead atoms. The molecule has 3 heterocycles. The molecule has 3 N–H and O–H groups in total. The predicted octanol–water partition coefficient (Wildman–Crippen LogP) is 0.144. The van der Waals surface area contributed by atoms with Gasteiger partial charge in [0.2, 0.25) is 5.91 Å². The minimum Gasteiger partial charge on any atom is -0.395 e. The second-order valence-electron chi connectivity index (χ2n) is 5.72. The molecule has 2 fully saturated rings. The summed E-state index contributed by atoms with van der Waals surface area (Å²) in [5, 5.41) is 7.17. The molecule has 0 aliphatic carbocycles. The largest absolute Gasteiger partial charge is 0.395 e. The topological polar surface area (TPSA) is 93.2 Å². The van der Waals surface area contributed by atoms with Gasteiger partial charge >= 0.3 is 0 Å². The molecule has 0 aromatic carbocycles. The number of nitrogen functional groups attached to an aromatic ring is 1. The molecule has 114 valence electrons. The van der Waals surface area contributed by atoms with Gasteiger partial charge in [-0.2, -0.15) is 5.10 Å². The molecule has 0 spiro atoms. The molecule has 1 aromatic rings. The van der Waals surface area contributed by atoms with E-state index in [1.807, 2.05) is 6.92 Å². The van der Waals surface area contributed by atoms with Crippen molar-refractivity contribution in [3.05, 3.63) is 11.4 Å². The molecule has 2 atom stereocenters. The number of amides is 2. The van der Waals surface area contributed by atoms with Crippen LogP contribution in [0.4, 0.5) is 5.69 Å². The second-order valence-corrected chi connectivity index (χ2v) is 5.72. The standard InChI is InChI=1S/C14H21N5O2/c1-3-19-12(11(15)8(2)17-19)14(21)18-6-4-5-9-10(18)7-16-13(9)20/h9-10H,3-7,15H2,1-2H3,(H,16,20). The Morgan fingerprint density at radius 3 is 3.00 bits per heavy atom. The van der Waals surface area contributed by atoms with E-state index in [4.69, 9.17) is 5.73 Å². The number of rotatable bonds is 2. The van der Waals surface area contributed by atoms with Crippen LogP contribution >= 0.6 is 0 Å². The maximum absolute atomic E-state index is 12.9. The number of hydrogen-bond donors (Lipinski definition) is 2. The number of carbonyl (C=O) groups is 2. The third-order valence-electron chi connectivity index (χ3n) is 4.54. The highest BCUT2D eigenvalue weighted by atomic mass is 16.2. The van der Waals surface area contributed by atoms with Gasteiger partial charge in [0, 0.05) is 19.6 Å². The zero-order chi connectivity index (χ0) is 15.1. The van der Waals surface area contributed by atoms with Crippen molar-refractivity contribution in [2.24, 2.45) is 5.92 Å². The number of aryl methyl sites for hydroxylation is 2. The minimum atomic E-state index is -0.110. The van der Waals surface area contributed by atoms with E-state index in [0.717, 1.165) is 12.8 Å². The van der Waals surface area contributed by atoms with Crippen molar-refractivity contribution in [3.63, 3.8) is 0 Å². The third-order valence-corrected chi connectivity index (χ3v) is 4.54. The molecule has 2 saturated heterocycles. The van der Waals surface area contributed by atoms with E-state index in [0.29, 0.717) is 36.7 Å². The van der Waals surface area contributed by atoms with E-state index in [-0.39, 0.29) is 23.8 Å². The summed E-state index contributed by atoms with van der Waals surface area (Å²) < 4.78 is 1.65. The Hall–Kier alpha value is -2.05. The van der Waals surface area contributed by atoms with E-state index in [9.17, 15) is 9.59 Å². The van der Waals surface area contributed by atoms with Crippen LogP contribution in [0.5, 0.6) is 0 Å². The van der Waals surface area contributed by atoms with Gasteiger partial charge in [0.1, 0.15) is 5.69 Å². The first-order valence-electron chi connectivity index (χ1n) is 7.46. The van der Waals surface area contributed by atoms with Crippen LogP contribution in [0.25, 0.3) is 0 Å². The Kier molecular flexibility index (Phi) is 3.35. The number of fused-ring (bicyclic) bond motifs is 1. The van der Waals surface area contributed by atoms with Gasteiger partial charge in [0.25, 0.3) is 5.91 Å². The lowest BCUT2D eigenvalue weighted by molar-refractivity contribution is -0.123. The number of nitrogens with one attached hydrogen (secondary N) is 1. The van der Waals surface area contributed by atoms with E-state index >= 15 is 0 Å². The maximum atomic E-state index is 12.9. The van der Waals surface area contributed by atoms with Gasteiger partial charge in [0.15, 0.2) is 0 Å². The number of hydrogen-bond acceptors (Lipinski definition) is 4. The van der Waals surface area contributed by atoms with Crippen LogP contribution < -0.4 is 11.1 Å². The first-order valence-corrected chi connectivity index (χ1v) is 7.46. The average Bonchev–Trinajstić information content (AvgIpc) is 3.00. The van der Waals surface area contributed by atoms with Gasteiger partial charge in [-0.15, -0.1) is 0 Å². The molecule has 3 rings (SSSR count). The van der Waals surface area contributed by atoms with E-state index in [1.165, 1.54) is 0 Å². The second kappa shape index (κ2) is 5.05. The number of nitrogens with zero attached hydrogens (tertiary/aromatic N) is 3. The fourth-order valence-electron chi connectivity index (χ4n) is 3.39. The number of aromatic nitrogens is 2. The van der Waals surface area contributed by atoms with Crippen LogP contribution in [0.2, 0.25) is 0 Å². The SMILES string of the molecule is CCn1nc(C)c(N)c1C(=O)N1CCCC2C(=O)NCC21.